The number of halogens is 3. The van der Waals surface area contributed by atoms with Crippen molar-refractivity contribution >= 4 is 17.3 Å². The first-order chi connectivity index (χ1) is 8.58. The molecule has 0 aliphatic carbocycles. The maximum atomic E-state index is 13.2. The van der Waals surface area contributed by atoms with E-state index >= 15 is 0 Å². The number of hydrogen-bond acceptors (Lipinski definition) is 1. The Bertz CT molecular complexity index is 481. The van der Waals surface area contributed by atoms with Gasteiger partial charge in [-0.1, -0.05) is 24.6 Å². The molecule has 1 aromatic rings. The first-order valence-electron chi connectivity index (χ1n) is 5.66. The summed E-state index contributed by atoms with van der Waals surface area (Å²) in [5.41, 5.74) is 2.75. The summed E-state index contributed by atoms with van der Waals surface area (Å²) in [6, 6.07) is 4.86. The Balaban J connectivity index is 0.000000771. The molecule has 1 aliphatic rings. The third-order valence-corrected chi connectivity index (χ3v) is 3.09. The van der Waals surface area contributed by atoms with Crippen LogP contribution in [0.5, 0.6) is 0 Å². The second-order valence-corrected chi connectivity index (χ2v) is 4.48. The van der Waals surface area contributed by atoms with Gasteiger partial charge in [-0.25, -0.2) is 9.38 Å². The topological polar surface area (TPSA) is 12.4 Å². The standard InChI is InChI=1S/C13H13ClFN.CH3F/c1-8-3-6-13(14)16-9(2)12-7-10(15)4-5-11(8)12;1-2/h4-8H,3H2,1-2H3;1H3/b13-6+,16-9-;. The number of allylic oxidation sites excluding steroid dienone is 1. The molecule has 1 aliphatic heterocycles. The van der Waals surface area contributed by atoms with Gasteiger partial charge in [-0.15, -0.1) is 0 Å². The van der Waals surface area contributed by atoms with Gasteiger partial charge >= 0.3 is 0 Å². The molecular weight excluding hydrogens is 256 g/mol. The molecule has 1 heterocycles. The lowest BCUT2D eigenvalue weighted by Crippen LogP contribution is -2.07. The minimum absolute atomic E-state index is 0.235. The second-order valence-electron chi connectivity index (χ2n) is 4.09. The maximum Gasteiger partial charge on any atom is 0.125 e. The van der Waals surface area contributed by atoms with Crippen LogP contribution in [0.25, 0.3) is 0 Å². The third kappa shape index (κ3) is 3.39. The SMILES string of the molecule is C/C1=N/C(Cl)=C/CC(C)c2ccc(F)cc21.CF. The van der Waals surface area contributed by atoms with Crippen LogP contribution in [0.4, 0.5) is 8.78 Å². The number of alkyl halides is 1. The minimum Gasteiger partial charge on any atom is -0.255 e. The van der Waals surface area contributed by atoms with E-state index in [2.05, 4.69) is 11.9 Å². The molecule has 1 aromatic carbocycles. The Morgan fingerprint density at radius 1 is 1.33 bits per heavy atom. The van der Waals surface area contributed by atoms with Gasteiger partial charge in [0, 0.05) is 11.3 Å². The molecule has 0 aromatic heterocycles. The van der Waals surface area contributed by atoms with Crippen molar-refractivity contribution in [2.24, 2.45) is 4.99 Å². The molecule has 0 N–H and O–H groups in total. The summed E-state index contributed by atoms with van der Waals surface area (Å²) in [5, 5.41) is 0.485. The Kier molecular flexibility index (Phi) is 5.48. The van der Waals surface area contributed by atoms with Gasteiger partial charge in [0.2, 0.25) is 0 Å². The quantitative estimate of drug-likeness (QED) is 0.601. The first kappa shape index (κ1) is 14.8. The zero-order chi connectivity index (χ0) is 13.7. The van der Waals surface area contributed by atoms with E-state index in [1.54, 1.807) is 0 Å². The number of fused-ring (bicyclic) bond motifs is 1. The predicted octanol–water partition coefficient (Wildman–Crippen LogP) is 4.81. The van der Waals surface area contributed by atoms with Crippen molar-refractivity contribution in [3.05, 3.63) is 46.4 Å². The minimum atomic E-state index is -0.235. The van der Waals surface area contributed by atoms with Gasteiger partial charge in [0.05, 0.1) is 7.18 Å². The van der Waals surface area contributed by atoms with Gasteiger partial charge in [0.1, 0.15) is 11.0 Å². The van der Waals surface area contributed by atoms with Gasteiger partial charge in [0.15, 0.2) is 0 Å². The lowest BCUT2D eigenvalue weighted by atomic mass is 9.90. The van der Waals surface area contributed by atoms with Crippen molar-refractivity contribution in [2.75, 3.05) is 7.18 Å². The molecule has 0 amide bonds. The fourth-order valence-corrected chi connectivity index (χ4v) is 2.15. The van der Waals surface area contributed by atoms with Crippen LogP contribution < -0.4 is 0 Å². The van der Waals surface area contributed by atoms with Gasteiger partial charge in [-0.3, -0.25) is 4.39 Å². The van der Waals surface area contributed by atoms with Crippen molar-refractivity contribution in [1.29, 1.82) is 0 Å². The van der Waals surface area contributed by atoms with E-state index in [4.69, 9.17) is 11.6 Å². The number of nitrogens with zero attached hydrogens (tertiary/aromatic N) is 1. The highest BCUT2D eigenvalue weighted by Gasteiger charge is 2.15. The first-order valence-corrected chi connectivity index (χ1v) is 6.04. The van der Waals surface area contributed by atoms with Crippen LogP contribution in [-0.2, 0) is 0 Å². The lowest BCUT2D eigenvalue weighted by Gasteiger charge is -2.17. The Morgan fingerprint density at radius 3 is 2.67 bits per heavy atom. The molecule has 1 unspecified atom stereocenters. The van der Waals surface area contributed by atoms with Gasteiger partial charge in [-0.05, 0) is 43.0 Å². The molecule has 0 fully saturated rings. The third-order valence-electron chi connectivity index (χ3n) is 2.85. The molecule has 4 heteroatoms. The van der Waals surface area contributed by atoms with Crippen LogP contribution in [-0.4, -0.2) is 12.9 Å². The maximum absolute atomic E-state index is 13.2. The van der Waals surface area contributed by atoms with Crippen LogP contribution in [0.1, 0.15) is 37.3 Å². The highest BCUT2D eigenvalue weighted by molar-refractivity contribution is 6.30. The molecule has 0 bridgehead atoms. The van der Waals surface area contributed by atoms with Gasteiger partial charge in [0.25, 0.3) is 0 Å². The summed E-state index contributed by atoms with van der Waals surface area (Å²) in [6.45, 7) is 3.96. The van der Waals surface area contributed by atoms with Crippen LogP contribution >= 0.6 is 11.6 Å². The van der Waals surface area contributed by atoms with E-state index in [-0.39, 0.29) is 5.82 Å². The molecule has 2 rings (SSSR count). The Labute approximate surface area is 111 Å². The number of benzene rings is 1. The Hall–Kier alpha value is -1.22. The molecule has 18 heavy (non-hydrogen) atoms. The average Bonchev–Trinajstić information content (AvgIpc) is 2.37. The van der Waals surface area contributed by atoms with Crippen molar-refractivity contribution in [3.63, 3.8) is 0 Å². The summed E-state index contributed by atoms with van der Waals surface area (Å²) < 4.78 is 22.7. The summed E-state index contributed by atoms with van der Waals surface area (Å²) in [6.07, 6.45) is 2.73. The summed E-state index contributed by atoms with van der Waals surface area (Å²) >= 11 is 5.94. The number of aliphatic imine (C=N–C) groups is 1. The molecule has 0 saturated heterocycles. The summed E-state index contributed by atoms with van der Waals surface area (Å²) in [5.74, 6) is 0.0935. The largest absolute Gasteiger partial charge is 0.255 e. The van der Waals surface area contributed by atoms with Crippen molar-refractivity contribution < 1.29 is 8.78 Å². The van der Waals surface area contributed by atoms with Crippen molar-refractivity contribution in [2.45, 2.75) is 26.2 Å². The van der Waals surface area contributed by atoms with Crippen LogP contribution in [0, 0.1) is 5.82 Å². The van der Waals surface area contributed by atoms with E-state index in [9.17, 15) is 8.78 Å². The lowest BCUT2D eigenvalue weighted by molar-refractivity contribution is 0.625. The van der Waals surface area contributed by atoms with Crippen molar-refractivity contribution in [1.82, 2.24) is 0 Å². The predicted molar refractivity (Wildman–Crippen MR) is 72.6 cm³/mol. The molecule has 98 valence electrons. The molecule has 0 spiro atoms. The highest BCUT2D eigenvalue weighted by Crippen LogP contribution is 2.28. The zero-order valence-corrected chi connectivity index (χ0v) is 11.4. The van der Waals surface area contributed by atoms with E-state index in [1.165, 1.54) is 12.1 Å². The Morgan fingerprint density at radius 2 is 2.00 bits per heavy atom. The van der Waals surface area contributed by atoms with E-state index in [0.717, 1.165) is 23.3 Å². The van der Waals surface area contributed by atoms with E-state index in [0.29, 0.717) is 18.3 Å². The molecule has 0 radical (unpaired) electrons. The monoisotopic (exact) mass is 271 g/mol. The van der Waals surface area contributed by atoms with Crippen LogP contribution in [0.15, 0.2) is 34.4 Å². The summed E-state index contributed by atoms with van der Waals surface area (Å²) in [4.78, 5) is 4.23. The van der Waals surface area contributed by atoms with E-state index in [1.807, 2.05) is 19.1 Å². The normalized spacial score (nSPS) is 24.2. The van der Waals surface area contributed by atoms with Crippen molar-refractivity contribution in [3.8, 4) is 0 Å². The fourth-order valence-electron chi connectivity index (χ4n) is 1.94. The van der Waals surface area contributed by atoms with Gasteiger partial charge < -0.3 is 0 Å². The molecule has 0 saturated carbocycles. The average molecular weight is 272 g/mol. The van der Waals surface area contributed by atoms with Crippen LogP contribution in [0.2, 0.25) is 0 Å². The smallest absolute Gasteiger partial charge is 0.125 e. The molecule has 1 nitrogen and oxygen atoms in total. The van der Waals surface area contributed by atoms with Gasteiger partial charge in [-0.2, -0.15) is 0 Å². The molecular formula is C14H16ClF2N. The molecule has 1 atom stereocenters. The fraction of sp³-hybridized carbons (Fsp3) is 0.357. The zero-order valence-electron chi connectivity index (χ0n) is 10.7. The second kappa shape index (κ2) is 6.64. The highest BCUT2D eigenvalue weighted by atomic mass is 35.5. The van der Waals surface area contributed by atoms with E-state index < -0.39 is 0 Å². The number of rotatable bonds is 0. The summed E-state index contributed by atoms with van der Waals surface area (Å²) in [7, 11) is 0.500. The number of hydrogen-bond donors (Lipinski definition) is 0. The van der Waals surface area contributed by atoms with Crippen LogP contribution in [0.3, 0.4) is 0 Å².